The number of furan rings is 1. The maximum absolute atomic E-state index is 12.0. The minimum Gasteiger partial charge on any atom is -0.459 e. The summed E-state index contributed by atoms with van der Waals surface area (Å²) in [6, 6.07) is 13.0. The number of para-hydroxylation sites is 1. The van der Waals surface area contributed by atoms with E-state index >= 15 is 0 Å². The molecule has 0 aliphatic heterocycles. The van der Waals surface area contributed by atoms with Crippen molar-refractivity contribution in [1.29, 1.82) is 0 Å². The monoisotopic (exact) mass is 268 g/mol. The Hall–Kier alpha value is -2.33. The Balaban J connectivity index is 1.91. The van der Waals surface area contributed by atoms with E-state index in [0.717, 1.165) is 11.0 Å². The molecular formula is C16H16N2O2. The number of pyridine rings is 1. The average molecular weight is 268 g/mol. The molecule has 0 spiro atoms. The van der Waals surface area contributed by atoms with E-state index in [1.165, 1.54) is 0 Å². The molecule has 2 N–H and O–H groups in total. The van der Waals surface area contributed by atoms with Gasteiger partial charge in [0.05, 0.1) is 6.04 Å². The van der Waals surface area contributed by atoms with Gasteiger partial charge in [0.15, 0.2) is 0 Å². The second kappa shape index (κ2) is 4.98. The van der Waals surface area contributed by atoms with Crippen molar-refractivity contribution in [3.63, 3.8) is 0 Å². The van der Waals surface area contributed by atoms with Crippen LogP contribution in [0.5, 0.6) is 0 Å². The van der Waals surface area contributed by atoms with Gasteiger partial charge in [-0.05, 0) is 25.1 Å². The van der Waals surface area contributed by atoms with Gasteiger partial charge in [0, 0.05) is 23.7 Å². The molecular weight excluding hydrogens is 252 g/mol. The van der Waals surface area contributed by atoms with Crippen LogP contribution >= 0.6 is 0 Å². The topological polar surface area (TPSA) is 61.2 Å². The Bertz CT molecular complexity index is 768. The molecule has 102 valence electrons. The van der Waals surface area contributed by atoms with Gasteiger partial charge in [-0.2, -0.15) is 0 Å². The predicted molar refractivity (Wildman–Crippen MR) is 78.6 cm³/mol. The zero-order chi connectivity index (χ0) is 14.1. The van der Waals surface area contributed by atoms with Gasteiger partial charge in [-0.3, -0.25) is 4.79 Å². The van der Waals surface area contributed by atoms with Crippen molar-refractivity contribution in [3.8, 4) is 0 Å². The molecule has 0 fully saturated rings. The summed E-state index contributed by atoms with van der Waals surface area (Å²) < 4.78 is 7.35. The van der Waals surface area contributed by atoms with E-state index in [9.17, 15) is 4.79 Å². The van der Waals surface area contributed by atoms with Crippen LogP contribution in [0.15, 0.2) is 57.9 Å². The first-order chi connectivity index (χ1) is 9.65. The third-order valence-corrected chi connectivity index (χ3v) is 3.41. The lowest BCUT2D eigenvalue weighted by molar-refractivity contribution is 0.450. The van der Waals surface area contributed by atoms with Crippen molar-refractivity contribution in [2.24, 2.45) is 5.73 Å². The van der Waals surface area contributed by atoms with Gasteiger partial charge in [-0.15, -0.1) is 0 Å². The third kappa shape index (κ3) is 2.26. The highest BCUT2D eigenvalue weighted by atomic mass is 16.3. The molecule has 1 unspecified atom stereocenters. The highest BCUT2D eigenvalue weighted by Crippen LogP contribution is 2.23. The average Bonchev–Trinajstić information content (AvgIpc) is 2.88. The van der Waals surface area contributed by atoms with Crippen molar-refractivity contribution in [2.75, 3.05) is 0 Å². The summed E-state index contributed by atoms with van der Waals surface area (Å²) in [7, 11) is 0. The molecule has 1 atom stereocenters. The van der Waals surface area contributed by atoms with Gasteiger partial charge in [0.2, 0.25) is 0 Å². The normalized spacial score (nSPS) is 12.7. The molecule has 0 aliphatic carbocycles. The van der Waals surface area contributed by atoms with Crippen LogP contribution in [0.4, 0.5) is 0 Å². The molecule has 0 bridgehead atoms. The van der Waals surface area contributed by atoms with E-state index in [4.69, 9.17) is 10.2 Å². The van der Waals surface area contributed by atoms with E-state index in [1.54, 1.807) is 23.8 Å². The summed E-state index contributed by atoms with van der Waals surface area (Å²) in [4.78, 5) is 12.0. The molecule has 4 heteroatoms. The lowest BCUT2D eigenvalue weighted by Crippen LogP contribution is -2.27. The zero-order valence-corrected chi connectivity index (χ0v) is 11.2. The second-order valence-electron chi connectivity index (χ2n) is 4.94. The van der Waals surface area contributed by atoms with Crippen LogP contribution in [0.2, 0.25) is 0 Å². The molecule has 0 saturated carbocycles. The Morgan fingerprint density at radius 3 is 2.85 bits per heavy atom. The number of rotatable bonds is 3. The zero-order valence-electron chi connectivity index (χ0n) is 11.2. The number of nitrogens with zero attached hydrogens (tertiary/aromatic N) is 1. The van der Waals surface area contributed by atoms with Crippen molar-refractivity contribution in [2.45, 2.75) is 19.5 Å². The summed E-state index contributed by atoms with van der Waals surface area (Å²) in [5, 5.41) is 1.02. The van der Waals surface area contributed by atoms with Gasteiger partial charge in [-0.1, -0.05) is 24.3 Å². The fourth-order valence-corrected chi connectivity index (χ4v) is 2.29. The summed E-state index contributed by atoms with van der Waals surface area (Å²) in [5.41, 5.74) is 7.67. The van der Waals surface area contributed by atoms with Crippen LogP contribution in [-0.4, -0.2) is 4.57 Å². The fourth-order valence-electron chi connectivity index (χ4n) is 2.29. The van der Waals surface area contributed by atoms with Crippen LogP contribution in [-0.2, 0) is 6.54 Å². The number of fused-ring (bicyclic) bond motifs is 1. The second-order valence-corrected chi connectivity index (χ2v) is 4.94. The molecule has 2 heterocycles. The first kappa shape index (κ1) is 12.7. The van der Waals surface area contributed by atoms with Crippen molar-refractivity contribution >= 4 is 11.0 Å². The molecule has 1 aromatic carbocycles. The Kier molecular flexibility index (Phi) is 3.16. The number of aryl methyl sites for hydroxylation is 1. The smallest absolute Gasteiger partial charge is 0.253 e. The van der Waals surface area contributed by atoms with Crippen molar-refractivity contribution < 1.29 is 4.42 Å². The van der Waals surface area contributed by atoms with Gasteiger partial charge in [0.25, 0.3) is 5.56 Å². The van der Waals surface area contributed by atoms with Crippen LogP contribution in [0.1, 0.15) is 17.4 Å². The Labute approximate surface area is 116 Å². The molecule has 3 rings (SSSR count). The van der Waals surface area contributed by atoms with E-state index in [1.807, 2.05) is 36.4 Å². The molecule has 0 radical (unpaired) electrons. The molecule has 4 nitrogen and oxygen atoms in total. The molecule has 0 aliphatic rings. The van der Waals surface area contributed by atoms with E-state index in [2.05, 4.69) is 0 Å². The summed E-state index contributed by atoms with van der Waals surface area (Å²) in [6.07, 6.45) is 1.75. The predicted octanol–water partition coefficient (Wildman–Crippen LogP) is 2.60. The largest absolute Gasteiger partial charge is 0.459 e. The maximum atomic E-state index is 12.0. The van der Waals surface area contributed by atoms with E-state index in [0.29, 0.717) is 17.9 Å². The maximum Gasteiger partial charge on any atom is 0.253 e. The Morgan fingerprint density at radius 1 is 1.25 bits per heavy atom. The lowest BCUT2D eigenvalue weighted by Gasteiger charge is -2.11. The molecule has 3 aromatic rings. The quantitative estimate of drug-likeness (QED) is 0.794. The summed E-state index contributed by atoms with van der Waals surface area (Å²) in [5.74, 6) is 0.694. The lowest BCUT2D eigenvalue weighted by atomic mass is 10.2. The molecule has 0 saturated heterocycles. The standard InChI is InChI=1S/C16H16N2O2/c1-11-5-4-8-18(16(11)19)10-13(17)15-9-12-6-2-3-7-14(12)20-15/h2-9,13H,10,17H2,1H3. The molecule has 0 amide bonds. The van der Waals surface area contributed by atoms with E-state index in [-0.39, 0.29) is 11.6 Å². The van der Waals surface area contributed by atoms with Crippen LogP contribution in [0.25, 0.3) is 11.0 Å². The number of aromatic nitrogens is 1. The van der Waals surface area contributed by atoms with Crippen LogP contribution in [0, 0.1) is 6.92 Å². The fraction of sp³-hybridized carbons (Fsp3) is 0.188. The van der Waals surface area contributed by atoms with Crippen LogP contribution in [0.3, 0.4) is 0 Å². The first-order valence-corrected chi connectivity index (χ1v) is 6.55. The highest BCUT2D eigenvalue weighted by molar-refractivity contribution is 5.77. The van der Waals surface area contributed by atoms with Crippen molar-refractivity contribution in [1.82, 2.24) is 4.57 Å². The summed E-state index contributed by atoms with van der Waals surface area (Å²) >= 11 is 0. The highest BCUT2D eigenvalue weighted by Gasteiger charge is 2.13. The van der Waals surface area contributed by atoms with Gasteiger partial charge >= 0.3 is 0 Å². The van der Waals surface area contributed by atoms with E-state index < -0.39 is 0 Å². The van der Waals surface area contributed by atoms with Crippen molar-refractivity contribution in [3.05, 3.63) is 70.3 Å². The molecule has 20 heavy (non-hydrogen) atoms. The third-order valence-electron chi connectivity index (χ3n) is 3.41. The molecule has 2 aromatic heterocycles. The summed E-state index contributed by atoms with van der Waals surface area (Å²) in [6.45, 7) is 2.20. The minimum atomic E-state index is -0.345. The minimum absolute atomic E-state index is 0.0148. The van der Waals surface area contributed by atoms with Gasteiger partial charge in [-0.25, -0.2) is 0 Å². The van der Waals surface area contributed by atoms with Gasteiger partial charge in [0.1, 0.15) is 11.3 Å². The number of benzene rings is 1. The van der Waals surface area contributed by atoms with Gasteiger partial charge < -0.3 is 14.7 Å². The number of nitrogens with two attached hydrogens (primary N) is 1. The SMILES string of the molecule is Cc1cccn(CC(N)c2cc3ccccc3o2)c1=O. The Morgan fingerprint density at radius 2 is 2.05 bits per heavy atom. The number of hydrogen-bond acceptors (Lipinski definition) is 3. The number of hydrogen-bond donors (Lipinski definition) is 1. The first-order valence-electron chi connectivity index (χ1n) is 6.55. The van der Waals surface area contributed by atoms with Crippen LogP contribution < -0.4 is 11.3 Å².